The summed E-state index contributed by atoms with van der Waals surface area (Å²) in [4.78, 5) is 21.8. The Morgan fingerprint density at radius 3 is 2.48 bits per heavy atom. The van der Waals surface area contributed by atoms with Crippen LogP contribution in [-0.2, 0) is 6.42 Å². The first-order valence-electron chi connectivity index (χ1n) is 7.22. The summed E-state index contributed by atoms with van der Waals surface area (Å²) in [6.45, 7) is 7.17. The highest BCUT2D eigenvalue weighted by atomic mass is 79.9. The Bertz CT molecular complexity index is 636. The number of nitrogens with zero attached hydrogens (tertiary/aromatic N) is 2. The molecule has 112 valence electrons. The first-order valence-corrected chi connectivity index (χ1v) is 8.01. The maximum Gasteiger partial charge on any atom is 0.265 e. The van der Waals surface area contributed by atoms with Crippen molar-refractivity contribution in [2.75, 3.05) is 19.6 Å². The van der Waals surface area contributed by atoms with Gasteiger partial charge in [-0.3, -0.25) is 4.79 Å². The van der Waals surface area contributed by atoms with Crippen LogP contribution in [0.1, 0.15) is 19.7 Å². The molecule has 2 aromatic rings. The Hall–Kier alpha value is -1.46. The monoisotopic (exact) mass is 349 g/mol. The Labute approximate surface area is 133 Å². The summed E-state index contributed by atoms with van der Waals surface area (Å²) < 4.78 is 0.486. The molecule has 0 aliphatic heterocycles. The van der Waals surface area contributed by atoms with Gasteiger partial charge in [-0.25, -0.2) is 4.98 Å². The molecule has 0 bridgehead atoms. The van der Waals surface area contributed by atoms with Gasteiger partial charge in [-0.05, 0) is 29.0 Å². The zero-order valence-electron chi connectivity index (χ0n) is 12.4. The van der Waals surface area contributed by atoms with Gasteiger partial charge in [-0.15, -0.1) is 0 Å². The molecule has 0 aliphatic carbocycles. The Balaban J connectivity index is 2.29. The second kappa shape index (κ2) is 7.52. The number of H-pyrrole nitrogens is 1. The lowest BCUT2D eigenvalue weighted by atomic mass is 10.1. The lowest BCUT2D eigenvalue weighted by Gasteiger charge is -2.17. The molecule has 0 unspecified atom stereocenters. The number of aromatic amines is 1. The fourth-order valence-electron chi connectivity index (χ4n) is 2.21. The first kappa shape index (κ1) is 15.9. The highest BCUT2D eigenvalue weighted by Crippen LogP contribution is 2.22. The number of nitrogens with one attached hydrogen (secondary N) is 1. The number of hydrogen-bond acceptors (Lipinski definition) is 3. The summed E-state index contributed by atoms with van der Waals surface area (Å²) in [6, 6.07) is 9.76. The maximum absolute atomic E-state index is 12.1. The third-order valence-electron chi connectivity index (χ3n) is 3.52. The molecule has 0 spiro atoms. The molecule has 4 nitrogen and oxygen atoms in total. The molecule has 0 fully saturated rings. The van der Waals surface area contributed by atoms with Crippen LogP contribution in [0.25, 0.3) is 11.3 Å². The van der Waals surface area contributed by atoms with Gasteiger partial charge in [0.1, 0.15) is 10.3 Å². The highest BCUT2D eigenvalue weighted by Gasteiger charge is 2.11. The van der Waals surface area contributed by atoms with E-state index in [0.717, 1.165) is 37.4 Å². The topological polar surface area (TPSA) is 49.0 Å². The van der Waals surface area contributed by atoms with Gasteiger partial charge in [0.15, 0.2) is 0 Å². The second-order valence-corrected chi connectivity index (χ2v) is 5.61. The minimum absolute atomic E-state index is 0.126. The Kier molecular flexibility index (Phi) is 5.70. The summed E-state index contributed by atoms with van der Waals surface area (Å²) in [7, 11) is 0. The molecular formula is C16H20BrN3O. The largest absolute Gasteiger partial charge is 0.309 e. The summed E-state index contributed by atoms with van der Waals surface area (Å²) in [5.74, 6) is 0.731. The van der Waals surface area contributed by atoms with E-state index in [1.54, 1.807) is 0 Å². The molecule has 5 heteroatoms. The fourth-order valence-corrected chi connectivity index (χ4v) is 2.63. The van der Waals surface area contributed by atoms with Gasteiger partial charge in [-0.2, -0.15) is 0 Å². The van der Waals surface area contributed by atoms with Crippen LogP contribution in [0.2, 0.25) is 0 Å². The van der Waals surface area contributed by atoms with Gasteiger partial charge in [0.25, 0.3) is 5.56 Å². The molecule has 0 radical (unpaired) electrons. The molecule has 0 saturated heterocycles. The number of aromatic nitrogens is 2. The van der Waals surface area contributed by atoms with Gasteiger partial charge in [0.05, 0.1) is 5.69 Å². The molecule has 1 N–H and O–H groups in total. The normalized spacial score (nSPS) is 11.0. The van der Waals surface area contributed by atoms with Crippen molar-refractivity contribution in [1.29, 1.82) is 0 Å². The van der Waals surface area contributed by atoms with E-state index in [-0.39, 0.29) is 5.56 Å². The van der Waals surface area contributed by atoms with Crippen LogP contribution in [0.15, 0.2) is 39.6 Å². The number of likely N-dealkylation sites (N-methyl/N-ethyl adjacent to an activating group) is 1. The van der Waals surface area contributed by atoms with Crippen molar-refractivity contribution in [3.8, 4) is 11.3 Å². The molecule has 0 atom stereocenters. The van der Waals surface area contributed by atoms with Gasteiger partial charge < -0.3 is 9.88 Å². The predicted octanol–water partition coefficient (Wildman–Crippen LogP) is 3.08. The second-order valence-electron chi connectivity index (χ2n) is 4.82. The highest BCUT2D eigenvalue weighted by molar-refractivity contribution is 9.10. The summed E-state index contributed by atoms with van der Waals surface area (Å²) >= 11 is 3.34. The standard InChI is InChI=1S/C16H20BrN3O/c1-3-20(4-2)11-10-13-18-15(14(17)16(21)19-13)12-8-6-5-7-9-12/h5-9H,3-4,10-11H2,1-2H3,(H,18,19,21). The van der Waals surface area contributed by atoms with Crippen molar-refractivity contribution in [3.05, 3.63) is 51.0 Å². The fraction of sp³-hybridized carbons (Fsp3) is 0.375. The third-order valence-corrected chi connectivity index (χ3v) is 4.25. The quantitative estimate of drug-likeness (QED) is 0.871. The maximum atomic E-state index is 12.1. The van der Waals surface area contributed by atoms with Gasteiger partial charge in [0, 0.05) is 18.5 Å². The van der Waals surface area contributed by atoms with Gasteiger partial charge >= 0.3 is 0 Å². The van der Waals surface area contributed by atoms with Crippen LogP contribution in [0.3, 0.4) is 0 Å². The zero-order valence-corrected chi connectivity index (χ0v) is 14.0. The molecule has 2 rings (SSSR count). The Morgan fingerprint density at radius 2 is 1.86 bits per heavy atom. The summed E-state index contributed by atoms with van der Waals surface area (Å²) in [5, 5.41) is 0. The SMILES string of the molecule is CCN(CC)CCc1nc(-c2ccccc2)c(Br)c(=O)[nH]1. The lowest BCUT2D eigenvalue weighted by molar-refractivity contribution is 0.305. The van der Waals surface area contributed by atoms with E-state index in [4.69, 9.17) is 0 Å². The molecule has 21 heavy (non-hydrogen) atoms. The average molecular weight is 350 g/mol. The van der Waals surface area contributed by atoms with Crippen molar-refractivity contribution >= 4 is 15.9 Å². The molecular weight excluding hydrogens is 330 g/mol. The lowest BCUT2D eigenvalue weighted by Crippen LogP contribution is -2.26. The number of halogens is 1. The van der Waals surface area contributed by atoms with E-state index in [2.05, 4.69) is 44.6 Å². The number of benzene rings is 1. The van der Waals surface area contributed by atoms with E-state index in [0.29, 0.717) is 10.2 Å². The number of rotatable bonds is 6. The van der Waals surface area contributed by atoms with E-state index in [1.807, 2.05) is 30.3 Å². The zero-order chi connectivity index (χ0) is 15.2. The van der Waals surface area contributed by atoms with Crippen LogP contribution in [0.5, 0.6) is 0 Å². The van der Waals surface area contributed by atoms with E-state index < -0.39 is 0 Å². The van der Waals surface area contributed by atoms with Gasteiger partial charge in [-0.1, -0.05) is 44.2 Å². The van der Waals surface area contributed by atoms with E-state index >= 15 is 0 Å². The molecule has 0 saturated carbocycles. The number of hydrogen-bond donors (Lipinski definition) is 1. The van der Waals surface area contributed by atoms with Crippen molar-refractivity contribution in [3.63, 3.8) is 0 Å². The smallest absolute Gasteiger partial charge is 0.265 e. The van der Waals surface area contributed by atoms with E-state index in [1.165, 1.54) is 0 Å². The molecule has 1 aromatic carbocycles. The van der Waals surface area contributed by atoms with Crippen LogP contribution < -0.4 is 5.56 Å². The molecule has 0 amide bonds. The average Bonchev–Trinajstić information content (AvgIpc) is 2.52. The first-order chi connectivity index (χ1) is 10.2. The molecule has 1 aromatic heterocycles. The van der Waals surface area contributed by atoms with Crippen LogP contribution in [-0.4, -0.2) is 34.5 Å². The van der Waals surface area contributed by atoms with Crippen molar-refractivity contribution in [2.24, 2.45) is 0 Å². The summed E-state index contributed by atoms with van der Waals surface area (Å²) in [6.07, 6.45) is 0.740. The van der Waals surface area contributed by atoms with Crippen molar-refractivity contribution < 1.29 is 0 Å². The van der Waals surface area contributed by atoms with Crippen LogP contribution in [0, 0.1) is 0 Å². The molecule has 1 heterocycles. The summed E-state index contributed by atoms with van der Waals surface area (Å²) in [5.41, 5.74) is 1.52. The minimum Gasteiger partial charge on any atom is -0.309 e. The predicted molar refractivity (Wildman–Crippen MR) is 89.5 cm³/mol. The van der Waals surface area contributed by atoms with Crippen molar-refractivity contribution in [2.45, 2.75) is 20.3 Å². The Morgan fingerprint density at radius 1 is 1.19 bits per heavy atom. The van der Waals surface area contributed by atoms with Crippen LogP contribution in [0.4, 0.5) is 0 Å². The van der Waals surface area contributed by atoms with Crippen LogP contribution >= 0.6 is 15.9 Å². The van der Waals surface area contributed by atoms with Crippen molar-refractivity contribution in [1.82, 2.24) is 14.9 Å². The van der Waals surface area contributed by atoms with Gasteiger partial charge in [0.2, 0.25) is 0 Å². The third kappa shape index (κ3) is 4.02. The molecule has 0 aliphatic rings. The van der Waals surface area contributed by atoms with E-state index in [9.17, 15) is 4.79 Å². The minimum atomic E-state index is -0.126.